The van der Waals surface area contributed by atoms with E-state index >= 15 is 0 Å². The molecule has 3 aromatic rings. The largest absolute Gasteiger partial charge is 0.416 e. The molecule has 0 spiro atoms. The van der Waals surface area contributed by atoms with Crippen molar-refractivity contribution in [3.63, 3.8) is 0 Å². The lowest BCUT2D eigenvalue weighted by Crippen LogP contribution is -2.34. The van der Waals surface area contributed by atoms with Gasteiger partial charge in [0.15, 0.2) is 0 Å². The van der Waals surface area contributed by atoms with E-state index in [0.717, 1.165) is 23.4 Å². The number of alkyl halides is 3. The van der Waals surface area contributed by atoms with E-state index in [4.69, 9.17) is 0 Å². The van der Waals surface area contributed by atoms with Gasteiger partial charge < -0.3 is 4.90 Å². The van der Waals surface area contributed by atoms with Gasteiger partial charge in [-0.2, -0.15) is 18.3 Å². The molecule has 2 aromatic carbocycles. The van der Waals surface area contributed by atoms with E-state index in [1.54, 1.807) is 34.7 Å². The molecule has 0 saturated carbocycles. The summed E-state index contributed by atoms with van der Waals surface area (Å²) < 4.78 is 55.8. The molecule has 0 aliphatic carbocycles. The number of carbonyl (C=O) groups is 1. The van der Waals surface area contributed by atoms with E-state index in [0.29, 0.717) is 35.3 Å². The molecular weight excluding hydrogens is 410 g/mol. The number of hydrogen-bond acceptors (Lipinski definition) is 2. The van der Waals surface area contributed by atoms with Gasteiger partial charge in [-0.15, -0.1) is 0 Å². The fraction of sp³-hybridized carbons (Fsp3) is 0.304. The number of rotatable bonds is 3. The highest BCUT2D eigenvalue weighted by Crippen LogP contribution is 2.35. The van der Waals surface area contributed by atoms with Crippen LogP contribution in [0.25, 0.3) is 11.3 Å². The number of aromatic nitrogens is 2. The Hall–Kier alpha value is -3.16. The van der Waals surface area contributed by atoms with Gasteiger partial charge in [0, 0.05) is 48.8 Å². The minimum Gasteiger partial charge on any atom is -0.338 e. The third-order valence-corrected chi connectivity index (χ3v) is 5.57. The van der Waals surface area contributed by atoms with Gasteiger partial charge in [-0.25, -0.2) is 4.39 Å². The molecule has 0 unspecified atom stereocenters. The molecule has 0 bridgehead atoms. The SMILES string of the molecule is CC(=O)N1CCc2c(c(-c3cccc(C(F)(F)F)c3)nn2Cc2ccc(C)cc2F)C1. The lowest BCUT2D eigenvalue weighted by atomic mass is 9.99. The predicted octanol–water partition coefficient (Wildman–Crippen LogP) is 4.97. The van der Waals surface area contributed by atoms with Crippen molar-refractivity contribution >= 4 is 5.91 Å². The molecule has 4 rings (SSSR count). The number of hydrogen-bond donors (Lipinski definition) is 0. The first-order valence-corrected chi connectivity index (χ1v) is 9.90. The smallest absolute Gasteiger partial charge is 0.338 e. The number of amides is 1. The second-order valence-electron chi connectivity index (χ2n) is 7.80. The second-order valence-corrected chi connectivity index (χ2v) is 7.80. The molecular formula is C23H21F4N3O. The number of nitrogens with zero attached hydrogens (tertiary/aromatic N) is 3. The van der Waals surface area contributed by atoms with Crippen molar-refractivity contribution in [1.29, 1.82) is 0 Å². The average Bonchev–Trinajstić information content (AvgIpc) is 3.07. The first kappa shape index (κ1) is 21.1. The van der Waals surface area contributed by atoms with Crippen LogP contribution in [0.4, 0.5) is 17.6 Å². The van der Waals surface area contributed by atoms with Crippen LogP contribution in [-0.4, -0.2) is 27.1 Å². The summed E-state index contributed by atoms with van der Waals surface area (Å²) in [7, 11) is 0. The number of halogens is 4. The van der Waals surface area contributed by atoms with Crippen LogP contribution in [0.3, 0.4) is 0 Å². The summed E-state index contributed by atoms with van der Waals surface area (Å²) in [5, 5.41) is 4.58. The van der Waals surface area contributed by atoms with Crippen LogP contribution in [0, 0.1) is 12.7 Å². The molecule has 8 heteroatoms. The molecule has 0 N–H and O–H groups in total. The molecule has 1 amide bonds. The number of benzene rings is 2. The van der Waals surface area contributed by atoms with Crippen LogP contribution in [0.5, 0.6) is 0 Å². The Morgan fingerprint density at radius 3 is 2.61 bits per heavy atom. The normalized spacial score (nSPS) is 13.9. The summed E-state index contributed by atoms with van der Waals surface area (Å²) in [5.41, 5.74) is 2.69. The third-order valence-electron chi connectivity index (χ3n) is 5.57. The lowest BCUT2D eigenvalue weighted by Gasteiger charge is -2.27. The van der Waals surface area contributed by atoms with Crippen LogP contribution >= 0.6 is 0 Å². The molecule has 31 heavy (non-hydrogen) atoms. The molecule has 2 heterocycles. The summed E-state index contributed by atoms with van der Waals surface area (Å²) in [4.78, 5) is 13.6. The number of fused-ring (bicyclic) bond motifs is 1. The molecule has 4 nitrogen and oxygen atoms in total. The van der Waals surface area contributed by atoms with Crippen LogP contribution < -0.4 is 0 Å². The van der Waals surface area contributed by atoms with E-state index in [2.05, 4.69) is 5.10 Å². The first-order valence-electron chi connectivity index (χ1n) is 9.90. The van der Waals surface area contributed by atoms with Gasteiger partial charge in [0.2, 0.25) is 5.91 Å². The number of carbonyl (C=O) groups excluding carboxylic acids is 1. The van der Waals surface area contributed by atoms with Crippen LogP contribution in [-0.2, 0) is 30.5 Å². The molecule has 0 radical (unpaired) electrons. The average molecular weight is 431 g/mol. The summed E-state index contributed by atoms with van der Waals surface area (Å²) in [5.74, 6) is -0.469. The molecule has 0 saturated heterocycles. The van der Waals surface area contributed by atoms with Gasteiger partial charge >= 0.3 is 6.18 Å². The summed E-state index contributed by atoms with van der Waals surface area (Å²) >= 11 is 0. The van der Waals surface area contributed by atoms with Crippen LogP contribution in [0.15, 0.2) is 42.5 Å². The van der Waals surface area contributed by atoms with Gasteiger partial charge in [-0.1, -0.05) is 24.3 Å². The van der Waals surface area contributed by atoms with E-state index in [1.807, 2.05) is 0 Å². The van der Waals surface area contributed by atoms with Crippen molar-refractivity contribution < 1.29 is 22.4 Å². The van der Waals surface area contributed by atoms with Gasteiger partial charge in [-0.3, -0.25) is 9.48 Å². The van der Waals surface area contributed by atoms with Gasteiger partial charge in [0.05, 0.1) is 17.8 Å². The highest BCUT2D eigenvalue weighted by molar-refractivity contribution is 5.74. The standard InChI is InChI=1S/C23H21F4N3O/c1-14-6-7-17(20(24)10-14)12-30-21-8-9-29(15(2)31)13-19(21)22(28-30)16-4-3-5-18(11-16)23(25,26)27/h3-7,10-11H,8-9,12-13H2,1-2H3. The Balaban J connectivity index is 1.81. The minimum absolute atomic E-state index is 0.113. The summed E-state index contributed by atoms with van der Waals surface area (Å²) in [6, 6.07) is 9.92. The minimum atomic E-state index is -4.48. The van der Waals surface area contributed by atoms with Gasteiger partial charge in [-0.05, 0) is 30.7 Å². The Morgan fingerprint density at radius 2 is 1.94 bits per heavy atom. The molecule has 162 valence electrons. The Morgan fingerprint density at radius 1 is 1.16 bits per heavy atom. The lowest BCUT2D eigenvalue weighted by molar-refractivity contribution is -0.137. The van der Waals surface area contributed by atoms with Crippen molar-refractivity contribution in [1.82, 2.24) is 14.7 Å². The zero-order valence-corrected chi connectivity index (χ0v) is 17.1. The van der Waals surface area contributed by atoms with Crippen molar-refractivity contribution in [3.05, 3.63) is 76.2 Å². The summed E-state index contributed by atoms with van der Waals surface area (Å²) in [6.07, 6.45) is -3.98. The topological polar surface area (TPSA) is 38.1 Å². The molecule has 0 atom stereocenters. The fourth-order valence-corrected chi connectivity index (χ4v) is 3.91. The number of aryl methyl sites for hydroxylation is 1. The second kappa shape index (κ2) is 7.83. The van der Waals surface area contributed by atoms with Crippen LogP contribution in [0.2, 0.25) is 0 Å². The molecule has 1 aromatic heterocycles. The van der Waals surface area contributed by atoms with Crippen molar-refractivity contribution in [2.75, 3.05) is 6.54 Å². The van der Waals surface area contributed by atoms with Crippen molar-refractivity contribution in [2.45, 2.75) is 39.5 Å². The van der Waals surface area contributed by atoms with Crippen molar-refractivity contribution in [3.8, 4) is 11.3 Å². The maximum Gasteiger partial charge on any atom is 0.416 e. The zero-order chi connectivity index (χ0) is 22.3. The molecule has 0 fully saturated rings. The Labute approximate surface area is 177 Å². The van der Waals surface area contributed by atoms with Gasteiger partial charge in [0.1, 0.15) is 5.82 Å². The first-order chi connectivity index (χ1) is 14.6. The highest BCUT2D eigenvalue weighted by atomic mass is 19.4. The van der Waals surface area contributed by atoms with E-state index in [1.165, 1.54) is 19.1 Å². The summed E-state index contributed by atoms with van der Waals surface area (Å²) in [6.45, 7) is 4.15. The fourth-order valence-electron chi connectivity index (χ4n) is 3.91. The maximum absolute atomic E-state index is 14.4. The molecule has 1 aliphatic heterocycles. The van der Waals surface area contributed by atoms with E-state index < -0.39 is 11.7 Å². The van der Waals surface area contributed by atoms with Gasteiger partial charge in [0.25, 0.3) is 0 Å². The Bertz CT molecular complexity index is 1150. The highest BCUT2D eigenvalue weighted by Gasteiger charge is 2.32. The molecule has 1 aliphatic rings. The van der Waals surface area contributed by atoms with E-state index in [9.17, 15) is 22.4 Å². The van der Waals surface area contributed by atoms with Crippen molar-refractivity contribution in [2.24, 2.45) is 0 Å². The quantitative estimate of drug-likeness (QED) is 0.550. The Kier molecular flexibility index (Phi) is 5.33. The van der Waals surface area contributed by atoms with Crippen LogP contribution in [0.1, 0.15) is 34.9 Å². The third kappa shape index (κ3) is 4.19. The maximum atomic E-state index is 14.4. The monoisotopic (exact) mass is 431 g/mol. The zero-order valence-electron chi connectivity index (χ0n) is 17.1. The van der Waals surface area contributed by atoms with E-state index in [-0.39, 0.29) is 24.8 Å². The predicted molar refractivity (Wildman–Crippen MR) is 108 cm³/mol.